The minimum Gasteiger partial charge on any atom is -0.0654 e. The second-order valence-electron chi connectivity index (χ2n) is 9.23. The number of hydrogen-bond acceptors (Lipinski definition) is 0. The zero-order valence-corrected chi connectivity index (χ0v) is 17.0. The van der Waals surface area contributed by atoms with Crippen molar-refractivity contribution < 1.29 is 0 Å². The standard InChI is InChI=1S/C24H46/c1-3-5-6-7-8-9-10-11-12-22-15-19-24(20-16-22)23-17-13-21(4-2)14-18-23/h21-24H,3-20H2,1-2H3/t21-,22-,23-,24-. The highest BCUT2D eigenvalue weighted by Gasteiger charge is 2.30. The van der Waals surface area contributed by atoms with Gasteiger partial charge in [-0.1, -0.05) is 104 Å². The lowest BCUT2D eigenvalue weighted by atomic mass is 9.68. The van der Waals surface area contributed by atoms with Crippen molar-refractivity contribution in [3.05, 3.63) is 0 Å². The molecular formula is C24H46. The molecule has 0 amide bonds. The first-order valence-corrected chi connectivity index (χ1v) is 11.8. The molecular weight excluding hydrogens is 288 g/mol. The summed E-state index contributed by atoms with van der Waals surface area (Å²) in [5, 5.41) is 0. The SMILES string of the molecule is CCCCCCCCCC[C@H]1CC[C@H]([C@H]2CC[C@H](CC)CC2)CC1. The Balaban J connectivity index is 1.46. The molecule has 0 heteroatoms. The molecule has 0 saturated heterocycles. The first-order valence-electron chi connectivity index (χ1n) is 11.8. The molecule has 0 nitrogen and oxygen atoms in total. The van der Waals surface area contributed by atoms with Crippen LogP contribution in [0.3, 0.4) is 0 Å². The lowest BCUT2D eigenvalue weighted by Crippen LogP contribution is -2.25. The predicted molar refractivity (Wildman–Crippen MR) is 108 cm³/mol. The molecule has 2 aliphatic rings. The molecule has 0 radical (unpaired) electrons. The molecule has 0 heterocycles. The van der Waals surface area contributed by atoms with E-state index in [1.165, 1.54) is 57.8 Å². The fourth-order valence-electron chi connectivity index (χ4n) is 5.58. The van der Waals surface area contributed by atoms with Gasteiger partial charge in [0.25, 0.3) is 0 Å². The van der Waals surface area contributed by atoms with Gasteiger partial charge in [0.05, 0.1) is 0 Å². The van der Waals surface area contributed by atoms with Crippen LogP contribution in [0.25, 0.3) is 0 Å². The van der Waals surface area contributed by atoms with Crippen molar-refractivity contribution in [1.29, 1.82) is 0 Å². The van der Waals surface area contributed by atoms with Gasteiger partial charge in [0.2, 0.25) is 0 Å². The van der Waals surface area contributed by atoms with Gasteiger partial charge in [-0.15, -0.1) is 0 Å². The van der Waals surface area contributed by atoms with Gasteiger partial charge in [0.1, 0.15) is 0 Å². The van der Waals surface area contributed by atoms with Gasteiger partial charge in [0, 0.05) is 0 Å². The third-order valence-electron chi connectivity index (χ3n) is 7.49. The molecule has 0 aliphatic heterocycles. The topological polar surface area (TPSA) is 0 Å². The van der Waals surface area contributed by atoms with Crippen molar-refractivity contribution >= 4 is 0 Å². The van der Waals surface area contributed by atoms with Crippen molar-refractivity contribution in [2.24, 2.45) is 23.7 Å². The molecule has 0 atom stereocenters. The largest absolute Gasteiger partial charge is 0.0654 e. The van der Waals surface area contributed by atoms with E-state index in [1.54, 1.807) is 57.8 Å². The van der Waals surface area contributed by atoms with E-state index in [-0.39, 0.29) is 0 Å². The fraction of sp³-hybridized carbons (Fsp3) is 1.00. The quantitative estimate of drug-likeness (QED) is 0.332. The first-order chi connectivity index (χ1) is 11.8. The Morgan fingerprint density at radius 2 is 0.958 bits per heavy atom. The molecule has 0 unspecified atom stereocenters. The Bertz CT molecular complexity index is 278. The lowest BCUT2D eigenvalue weighted by Gasteiger charge is -2.37. The Morgan fingerprint density at radius 3 is 1.46 bits per heavy atom. The highest BCUT2D eigenvalue weighted by atomic mass is 14.4. The second-order valence-corrected chi connectivity index (χ2v) is 9.23. The summed E-state index contributed by atoms with van der Waals surface area (Å²) >= 11 is 0. The van der Waals surface area contributed by atoms with Crippen molar-refractivity contribution in [2.75, 3.05) is 0 Å². The summed E-state index contributed by atoms with van der Waals surface area (Å²) in [6.45, 7) is 4.70. The van der Waals surface area contributed by atoms with Crippen LogP contribution in [0.2, 0.25) is 0 Å². The summed E-state index contributed by atoms with van der Waals surface area (Å²) in [7, 11) is 0. The van der Waals surface area contributed by atoms with Gasteiger partial charge in [-0.05, 0) is 49.4 Å². The van der Waals surface area contributed by atoms with Crippen molar-refractivity contribution in [2.45, 2.75) is 129 Å². The minimum atomic E-state index is 1.07. The fourth-order valence-corrected chi connectivity index (χ4v) is 5.58. The van der Waals surface area contributed by atoms with Crippen molar-refractivity contribution in [3.63, 3.8) is 0 Å². The Labute approximate surface area is 153 Å². The van der Waals surface area contributed by atoms with Crippen LogP contribution in [0, 0.1) is 23.7 Å². The van der Waals surface area contributed by atoms with Crippen LogP contribution in [0.1, 0.15) is 129 Å². The molecule has 2 aliphatic carbocycles. The minimum absolute atomic E-state index is 1.07. The van der Waals surface area contributed by atoms with Crippen LogP contribution in [0.15, 0.2) is 0 Å². The molecule has 0 aromatic rings. The summed E-state index contributed by atoms with van der Waals surface area (Å²) in [5.74, 6) is 4.38. The van der Waals surface area contributed by atoms with Gasteiger partial charge in [0.15, 0.2) is 0 Å². The van der Waals surface area contributed by atoms with Gasteiger partial charge in [-0.2, -0.15) is 0 Å². The molecule has 142 valence electrons. The number of rotatable bonds is 11. The number of unbranched alkanes of at least 4 members (excludes halogenated alkanes) is 7. The monoisotopic (exact) mass is 334 g/mol. The maximum atomic E-state index is 2.39. The van der Waals surface area contributed by atoms with Gasteiger partial charge in [-0.3, -0.25) is 0 Å². The first kappa shape index (κ1) is 20.3. The molecule has 2 saturated carbocycles. The summed E-state index contributed by atoms with van der Waals surface area (Å²) in [5.41, 5.74) is 0. The van der Waals surface area contributed by atoms with Crippen molar-refractivity contribution in [3.8, 4) is 0 Å². The average molecular weight is 335 g/mol. The van der Waals surface area contributed by atoms with Gasteiger partial charge >= 0.3 is 0 Å². The van der Waals surface area contributed by atoms with Crippen LogP contribution in [-0.4, -0.2) is 0 Å². The maximum absolute atomic E-state index is 2.39. The van der Waals surface area contributed by atoms with E-state index in [2.05, 4.69) is 13.8 Å². The third-order valence-corrected chi connectivity index (χ3v) is 7.49. The molecule has 0 N–H and O–H groups in total. The second kappa shape index (κ2) is 12.4. The molecule has 2 rings (SSSR count). The Hall–Kier alpha value is 0. The van der Waals surface area contributed by atoms with Crippen LogP contribution in [-0.2, 0) is 0 Å². The van der Waals surface area contributed by atoms with Crippen LogP contribution in [0.5, 0.6) is 0 Å². The zero-order valence-electron chi connectivity index (χ0n) is 17.0. The Kier molecular flexibility index (Phi) is 10.5. The molecule has 0 aromatic heterocycles. The highest BCUT2D eigenvalue weighted by Crippen LogP contribution is 2.42. The van der Waals surface area contributed by atoms with E-state index in [0.29, 0.717) is 0 Å². The summed E-state index contributed by atoms with van der Waals surface area (Å²) in [6, 6.07) is 0. The summed E-state index contributed by atoms with van der Waals surface area (Å²) in [6.07, 6.45) is 27.3. The predicted octanol–water partition coefficient (Wildman–Crippen LogP) is 8.54. The van der Waals surface area contributed by atoms with Crippen molar-refractivity contribution in [1.82, 2.24) is 0 Å². The summed E-state index contributed by atoms with van der Waals surface area (Å²) in [4.78, 5) is 0. The number of hydrogen-bond donors (Lipinski definition) is 0. The van der Waals surface area contributed by atoms with E-state index in [9.17, 15) is 0 Å². The van der Waals surface area contributed by atoms with E-state index < -0.39 is 0 Å². The lowest BCUT2D eigenvalue weighted by molar-refractivity contribution is 0.141. The van der Waals surface area contributed by atoms with Crippen LogP contribution in [0.4, 0.5) is 0 Å². The van der Waals surface area contributed by atoms with E-state index >= 15 is 0 Å². The normalized spacial score (nSPS) is 31.2. The van der Waals surface area contributed by atoms with E-state index in [4.69, 9.17) is 0 Å². The summed E-state index contributed by atoms with van der Waals surface area (Å²) < 4.78 is 0. The van der Waals surface area contributed by atoms with E-state index in [1.807, 2.05) is 0 Å². The molecule has 2 fully saturated rings. The highest BCUT2D eigenvalue weighted by molar-refractivity contribution is 4.81. The maximum Gasteiger partial charge on any atom is -0.0386 e. The molecule has 0 spiro atoms. The van der Waals surface area contributed by atoms with Crippen LogP contribution >= 0.6 is 0 Å². The average Bonchev–Trinajstić information content (AvgIpc) is 2.64. The van der Waals surface area contributed by atoms with Crippen LogP contribution < -0.4 is 0 Å². The molecule has 0 aromatic carbocycles. The third kappa shape index (κ3) is 7.49. The Morgan fingerprint density at radius 1 is 0.500 bits per heavy atom. The van der Waals surface area contributed by atoms with Gasteiger partial charge in [-0.25, -0.2) is 0 Å². The van der Waals surface area contributed by atoms with Gasteiger partial charge < -0.3 is 0 Å². The smallest absolute Gasteiger partial charge is 0.0386 e. The molecule has 24 heavy (non-hydrogen) atoms. The molecule has 0 bridgehead atoms. The zero-order chi connectivity index (χ0) is 17.0. The van der Waals surface area contributed by atoms with E-state index in [0.717, 1.165) is 23.7 Å².